The minimum atomic E-state index is 0.243. The van der Waals surface area contributed by atoms with Crippen molar-refractivity contribution in [2.24, 2.45) is 5.92 Å². The smallest absolute Gasteiger partial charge is 0.219 e. The molecule has 0 radical (unpaired) electrons. The molecular formula is C14H27NOS2. The fraction of sp³-hybridized carbons (Fsp3) is 0.929. The van der Waals surface area contributed by atoms with Crippen LogP contribution >= 0.6 is 21.6 Å². The molecule has 0 spiro atoms. The lowest BCUT2D eigenvalue weighted by molar-refractivity contribution is -0.121. The zero-order chi connectivity index (χ0) is 13.2. The molecule has 18 heavy (non-hydrogen) atoms. The van der Waals surface area contributed by atoms with Crippen LogP contribution in [0.5, 0.6) is 0 Å². The van der Waals surface area contributed by atoms with Crippen LogP contribution in [0, 0.1) is 5.92 Å². The van der Waals surface area contributed by atoms with Gasteiger partial charge in [0.2, 0.25) is 5.91 Å². The van der Waals surface area contributed by atoms with Gasteiger partial charge in [0, 0.05) is 24.0 Å². The van der Waals surface area contributed by atoms with Gasteiger partial charge in [-0.05, 0) is 38.0 Å². The molecule has 2 nitrogen and oxygen atoms in total. The fourth-order valence-electron chi connectivity index (χ4n) is 2.05. The van der Waals surface area contributed by atoms with Gasteiger partial charge >= 0.3 is 0 Å². The molecule has 1 atom stereocenters. The highest BCUT2D eigenvalue weighted by Crippen LogP contribution is 2.39. The zero-order valence-corrected chi connectivity index (χ0v) is 13.4. The molecule has 0 bridgehead atoms. The van der Waals surface area contributed by atoms with E-state index in [-0.39, 0.29) is 5.91 Å². The van der Waals surface area contributed by atoms with Crippen molar-refractivity contribution >= 4 is 27.5 Å². The second-order valence-electron chi connectivity index (χ2n) is 5.46. The average Bonchev–Trinajstić information content (AvgIpc) is 2.83. The third kappa shape index (κ3) is 8.30. The van der Waals surface area contributed by atoms with E-state index in [0.717, 1.165) is 30.6 Å². The second-order valence-corrected chi connectivity index (χ2v) is 8.25. The van der Waals surface area contributed by atoms with Gasteiger partial charge in [-0.2, -0.15) is 0 Å². The van der Waals surface area contributed by atoms with E-state index in [4.69, 9.17) is 0 Å². The van der Waals surface area contributed by atoms with Crippen LogP contribution < -0.4 is 5.32 Å². The normalized spacial score (nSPS) is 19.4. The first-order valence-electron chi connectivity index (χ1n) is 7.23. The van der Waals surface area contributed by atoms with E-state index in [1.54, 1.807) is 0 Å². The number of hydrogen-bond acceptors (Lipinski definition) is 3. The van der Waals surface area contributed by atoms with Gasteiger partial charge in [-0.3, -0.25) is 4.79 Å². The van der Waals surface area contributed by atoms with Gasteiger partial charge in [0.05, 0.1) is 0 Å². The van der Waals surface area contributed by atoms with E-state index in [9.17, 15) is 4.79 Å². The lowest BCUT2D eigenvalue weighted by atomic mass is 10.1. The van der Waals surface area contributed by atoms with Crippen LogP contribution in [0.1, 0.15) is 58.8 Å². The first-order valence-corrected chi connectivity index (χ1v) is 9.61. The van der Waals surface area contributed by atoms with Crippen molar-refractivity contribution in [3.05, 3.63) is 0 Å². The highest BCUT2D eigenvalue weighted by atomic mass is 33.1. The number of carbonyl (C=O) groups excluding carboxylic acids is 1. The Labute approximate surface area is 120 Å². The van der Waals surface area contributed by atoms with Crippen molar-refractivity contribution in [3.8, 4) is 0 Å². The minimum absolute atomic E-state index is 0.243. The Bertz CT molecular complexity index is 228. The summed E-state index contributed by atoms with van der Waals surface area (Å²) >= 11 is 0. The van der Waals surface area contributed by atoms with Crippen molar-refractivity contribution < 1.29 is 4.79 Å². The first-order chi connectivity index (χ1) is 8.68. The molecule has 0 aromatic heterocycles. The maximum Gasteiger partial charge on any atom is 0.219 e. The second kappa shape index (κ2) is 10.0. The molecule has 0 saturated carbocycles. The van der Waals surface area contributed by atoms with Crippen molar-refractivity contribution in [2.75, 3.05) is 12.3 Å². The molecule has 0 aromatic rings. The Balaban J connectivity index is 1.87. The molecule has 4 heteroatoms. The Morgan fingerprint density at radius 3 is 2.83 bits per heavy atom. The molecule has 1 unspecified atom stereocenters. The average molecular weight is 290 g/mol. The Morgan fingerprint density at radius 1 is 1.33 bits per heavy atom. The van der Waals surface area contributed by atoms with E-state index in [0.29, 0.717) is 6.42 Å². The number of amides is 1. The van der Waals surface area contributed by atoms with Gasteiger partial charge in [0.25, 0.3) is 0 Å². The maximum absolute atomic E-state index is 11.6. The molecule has 1 N–H and O–H groups in total. The molecule has 1 saturated heterocycles. The van der Waals surface area contributed by atoms with Crippen LogP contribution in [-0.4, -0.2) is 23.5 Å². The third-order valence-corrected chi connectivity index (χ3v) is 6.19. The summed E-state index contributed by atoms with van der Waals surface area (Å²) in [6, 6.07) is 0. The Hall–Kier alpha value is 0.170. The van der Waals surface area contributed by atoms with Crippen LogP contribution in [0.4, 0.5) is 0 Å². The van der Waals surface area contributed by atoms with E-state index >= 15 is 0 Å². The van der Waals surface area contributed by atoms with Gasteiger partial charge in [-0.25, -0.2) is 0 Å². The molecular weight excluding hydrogens is 262 g/mol. The van der Waals surface area contributed by atoms with Gasteiger partial charge in [0.15, 0.2) is 0 Å². The molecule has 1 amide bonds. The summed E-state index contributed by atoms with van der Waals surface area (Å²) in [4.78, 5) is 11.6. The standard InChI is InChI=1S/C14H27NOS2/c1-12(2)6-5-10-15-14(16)8-4-3-7-13-9-11-17-18-13/h12-13H,3-11H2,1-2H3,(H,15,16). The van der Waals surface area contributed by atoms with Crippen molar-refractivity contribution in [3.63, 3.8) is 0 Å². The van der Waals surface area contributed by atoms with Gasteiger partial charge in [-0.15, -0.1) is 0 Å². The molecule has 1 fully saturated rings. The number of unbranched alkanes of at least 4 members (excludes halogenated alkanes) is 1. The summed E-state index contributed by atoms with van der Waals surface area (Å²) in [7, 11) is 4.04. The predicted molar refractivity (Wildman–Crippen MR) is 84.0 cm³/mol. The van der Waals surface area contributed by atoms with Gasteiger partial charge in [-0.1, -0.05) is 41.9 Å². The topological polar surface area (TPSA) is 29.1 Å². The predicted octanol–water partition coefficient (Wildman–Crippen LogP) is 4.25. The summed E-state index contributed by atoms with van der Waals surface area (Å²) in [5.74, 6) is 2.29. The first kappa shape index (κ1) is 16.2. The summed E-state index contributed by atoms with van der Waals surface area (Å²) < 4.78 is 0. The largest absolute Gasteiger partial charge is 0.356 e. The number of rotatable bonds is 9. The number of hydrogen-bond donors (Lipinski definition) is 1. The third-order valence-electron chi connectivity index (χ3n) is 3.19. The SMILES string of the molecule is CC(C)CCCNC(=O)CCCCC1CCSS1. The lowest BCUT2D eigenvalue weighted by Gasteiger charge is -2.08. The molecule has 0 aliphatic carbocycles. The van der Waals surface area contributed by atoms with E-state index in [1.165, 1.54) is 31.4 Å². The van der Waals surface area contributed by atoms with Crippen LogP contribution in [-0.2, 0) is 4.79 Å². The van der Waals surface area contributed by atoms with Crippen LogP contribution in [0.3, 0.4) is 0 Å². The fourth-order valence-corrected chi connectivity index (χ4v) is 5.08. The molecule has 1 aliphatic heterocycles. The van der Waals surface area contributed by atoms with Gasteiger partial charge in [0.1, 0.15) is 0 Å². The van der Waals surface area contributed by atoms with Crippen molar-refractivity contribution in [1.29, 1.82) is 0 Å². The Morgan fingerprint density at radius 2 is 2.17 bits per heavy atom. The maximum atomic E-state index is 11.6. The van der Waals surface area contributed by atoms with E-state index in [1.807, 2.05) is 21.6 Å². The highest BCUT2D eigenvalue weighted by molar-refractivity contribution is 8.77. The number of carbonyl (C=O) groups is 1. The summed E-state index contributed by atoms with van der Waals surface area (Å²) in [5, 5.41) is 3.87. The quantitative estimate of drug-likeness (QED) is 0.508. The molecule has 1 rings (SSSR count). The number of nitrogens with one attached hydrogen (secondary N) is 1. The van der Waals surface area contributed by atoms with Crippen LogP contribution in [0.25, 0.3) is 0 Å². The molecule has 106 valence electrons. The lowest BCUT2D eigenvalue weighted by Crippen LogP contribution is -2.24. The molecule has 1 aliphatic rings. The van der Waals surface area contributed by atoms with Crippen LogP contribution in [0.2, 0.25) is 0 Å². The van der Waals surface area contributed by atoms with Gasteiger partial charge < -0.3 is 5.32 Å². The van der Waals surface area contributed by atoms with Crippen LogP contribution in [0.15, 0.2) is 0 Å². The van der Waals surface area contributed by atoms with Crippen molar-refractivity contribution in [2.45, 2.75) is 64.0 Å². The highest BCUT2D eigenvalue weighted by Gasteiger charge is 2.15. The monoisotopic (exact) mass is 289 g/mol. The van der Waals surface area contributed by atoms with E-state index in [2.05, 4.69) is 19.2 Å². The van der Waals surface area contributed by atoms with E-state index < -0.39 is 0 Å². The summed E-state index contributed by atoms with van der Waals surface area (Å²) in [5.41, 5.74) is 0. The minimum Gasteiger partial charge on any atom is -0.356 e. The van der Waals surface area contributed by atoms with Crippen molar-refractivity contribution in [1.82, 2.24) is 5.32 Å². The summed E-state index contributed by atoms with van der Waals surface area (Å²) in [6.07, 6.45) is 7.94. The summed E-state index contributed by atoms with van der Waals surface area (Å²) in [6.45, 7) is 5.30. The zero-order valence-electron chi connectivity index (χ0n) is 11.7. The molecule has 0 aromatic carbocycles. The Kier molecular flexibility index (Phi) is 9.03. The molecule has 1 heterocycles.